The van der Waals surface area contributed by atoms with Crippen LogP contribution in [0.5, 0.6) is 0 Å². The van der Waals surface area contributed by atoms with Crippen LogP contribution in [-0.4, -0.2) is 4.98 Å². The number of oxazole rings is 1. The van der Waals surface area contributed by atoms with Gasteiger partial charge in [0, 0.05) is 12.0 Å². The van der Waals surface area contributed by atoms with Crippen LogP contribution in [0.25, 0.3) is 11.5 Å². The smallest absolute Gasteiger partial charge is 0.226 e. The molecule has 21 heavy (non-hydrogen) atoms. The summed E-state index contributed by atoms with van der Waals surface area (Å²) in [6.45, 7) is 4.31. The normalized spacial score (nSPS) is 11.0. The summed E-state index contributed by atoms with van der Waals surface area (Å²) in [5, 5.41) is 0. The molecular formula is C19H19NO. The summed E-state index contributed by atoms with van der Waals surface area (Å²) >= 11 is 0. The van der Waals surface area contributed by atoms with E-state index >= 15 is 0 Å². The van der Waals surface area contributed by atoms with Crippen LogP contribution in [-0.2, 0) is 6.42 Å². The van der Waals surface area contributed by atoms with Crippen LogP contribution in [0, 0.1) is 0 Å². The van der Waals surface area contributed by atoms with Gasteiger partial charge < -0.3 is 4.42 Å². The Kier molecular flexibility index (Phi) is 3.87. The fourth-order valence-electron chi connectivity index (χ4n) is 2.43. The van der Waals surface area contributed by atoms with E-state index in [1.54, 1.807) is 0 Å². The van der Waals surface area contributed by atoms with E-state index in [4.69, 9.17) is 9.40 Å². The quantitative estimate of drug-likeness (QED) is 0.666. The predicted octanol–water partition coefficient (Wildman–Crippen LogP) is 5.06. The molecule has 0 radical (unpaired) electrons. The van der Waals surface area contributed by atoms with E-state index < -0.39 is 0 Å². The highest BCUT2D eigenvalue weighted by Gasteiger charge is 2.17. The molecule has 0 spiro atoms. The molecule has 0 unspecified atom stereocenters. The van der Waals surface area contributed by atoms with E-state index in [0.717, 1.165) is 23.4 Å². The summed E-state index contributed by atoms with van der Waals surface area (Å²) < 4.78 is 6.05. The summed E-state index contributed by atoms with van der Waals surface area (Å²) in [6, 6.07) is 20.5. The zero-order valence-electron chi connectivity index (χ0n) is 12.4. The lowest BCUT2D eigenvalue weighted by Crippen LogP contribution is -1.95. The Morgan fingerprint density at radius 3 is 2.14 bits per heavy atom. The zero-order valence-corrected chi connectivity index (χ0v) is 12.4. The van der Waals surface area contributed by atoms with Gasteiger partial charge in [-0.25, -0.2) is 4.98 Å². The van der Waals surface area contributed by atoms with Gasteiger partial charge in [0.15, 0.2) is 0 Å². The van der Waals surface area contributed by atoms with E-state index in [1.807, 2.05) is 36.4 Å². The van der Waals surface area contributed by atoms with Crippen LogP contribution in [0.15, 0.2) is 65.1 Å². The van der Waals surface area contributed by atoms with Gasteiger partial charge in [-0.2, -0.15) is 0 Å². The van der Waals surface area contributed by atoms with Crippen molar-refractivity contribution in [3.63, 3.8) is 0 Å². The monoisotopic (exact) mass is 277 g/mol. The number of aromatic nitrogens is 1. The van der Waals surface area contributed by atoms with Crippen molar-refractivity contribution in [1.29, 1.82) is 0 Å². The van der Waals surface area contributed by atoms with E-state index in [9.17, 15) is 0 Å². The second kappa shape index (κ2) is 5.96. The van der Waals surface area contributed by atoms with Gasteiger partial charge in [-0.3, -0.25) is 0 Å². The van der Waals surface area contributed by atoms with Gasteiger partial charge >= 0.3 is 0 Å². The van der Waals surface area contributed by atoms with Crippen LogP contribution >= 0.6 is 0 Å². The van der Waals surface area contributed by atoms with Gasteiger partial charge in [0.2, 0.25) is 5.89 Å². The van der Waals surface area contributed by atoms with Gasteiger partial charge in [0.25, 0.3) is 0 Å². The summed E-state index contributed by atoms with van der Waals surface area (Å²) in [6.07, 6.45) is 0.786. The highest BCUT2D eigenvalue weighted by Crippen LogP contribution is 2.28. The fraction of sp³-hybridized carbons (Fsp3) is 0.211. The number of nitrogens with zero attached hydrogens (tertiary/aromatic N) is 1. The van der Waals surface area contributed by atoms with Crippen molar-refractivity contribution >= 4 is 0 Å². The molecule has 106 valence electrons. The average molecular weight is 277 g/mol. The SMILES string of the molecule is CC(C)c1nc(-c2ccccc2)oc1Cc1ccccc1. The molecule has 3 rings (SSSR count). The molecule has 1 aromatic heterocycles. The van der Waals surface area contributed by atoms with Crippen molar-refractivity contribution in [1.82, 2.24) is 4.98 Å². The van der Waals surface area contributed by atoms with Gasteiger partial charge in [-0.1, -0.05) is 62.4 Å². The molecule has 0 saturated heterocycles. The number of hydrogen-bond acceptors (Lipinski definition) is 2. The molecule has 0 aliphatic carbocycles. The highest BCUT2D eigenvalue weighted by molar-refractivity contribution is 5.53. The Morgan fingerprint density at radius 1 is 0.905 bits per heavy atom. The molecule has 1 heterocycles. The van der Waals surface area contributed by atoms with Crippen LogP contribution in [0.4, 0.5) is 0 Å². The van der Waals surface area contributed by atoms with Crippen molar-refractivity contribution in [2.75, 3.05) is 0 Å². The van der Waals surface area contributed by atoms with Gasteiger partial charge in [0.1, 0.15) is 5.76 Å². The number of hydrogen-bond donors (Lipinski definition) is 0. The first-order valence-electron chi connectivity index (χ1n) is 7.33. The fourth-order valence-corrected chi connectivity index (χ4v) is 2.43. The summed E-state index contributed by atoms with van der Waals surface area (Å²) in [5.41, 5.74) is 3.33. The minimum atomic E-state index is 0.352. The molecule has 2 aromatic carbocycles. The van der Waals surface area contributed by atoms with Crippen molar-refractivity contribution in [2.45, 2.75) is 26.2 Å². The molecule has 0 aliphatic rings. The first-order valence-corrected chi connectivity index (χ1v) is 7.33. The van der Waals surface area contributed by atoms with Crippen LogP contribution in [0.3, 0.4) is 0 Å². The molecule has 0 N–H and O–H groups in total. The first kappa shape index (κ1) is 13.6. The summed E-state index contributed by atoms with van der Waals surface area (Å²) in [7, 11) is 0. The number of benzene rings is 2. The van der Waals surface area contributed by atoms with Crippen molar-refractivity contribution in [3.05, 3.63) is 77.7 Å². The third-order valence-electron chi connectivity index (χ3n) is 3.50. The third-order valence-corrected chi connectivity index (χ3v) is 3.50. The van der Waals surface area contributed by atoms with Crippen LogP contribution in [0.1, 0.15) is 36.8 Å². The predicted molar refractivity (Wildman–Crippen MR) is 85.3 cm³/mol. The third kappa shape index (κ3) is 3.05. The Bertz CT molecular complexity index is 699. The Hall–Kier alpha value is -2.35. The van der Waals surface area contributed by atoms with Crippen molar-refractivity contribution < 1.29 is 4.42 Å². The Labute approximate surface area is 125 Å². The molecule has 0 fully saturated rings. The average Bonchev–Trinajstić information content (AvgIpc) is 2.93. The first-order chi connectivity index (χ1) is 10.2. The van der Waals surface area contributed by atoms with Crippen molar-refractivity contribution in [2.24, 2.45) is 0 Å². The minimum absolute atomic E-state index is 0.352. The molecule has 2 nitrogen and oxygen atoms in total. The zero-order chi connectivity index (χ0) is 14.7. The van der Waals surface area contributed by atoms with Gasteiger partial charge in [-0.05, 0) is 23.6 Å². The van der Waals surface area contributed by atoms with Crippen molar-refractivity contribution in [3.8, 4) is 11.5 Å². The lowest BCUT2D eigenvalue weighted by molar-refractivity contribution is 0.523. The Morgan fingerprint density at radius 2 is 1.52 bits per heavy atom. The maximum absolute atomic E-state index is 6.05. The summed E-state index contributed by atoms with van der Waals surface area (Å²) in [4.78, 5) is 4.71. The molecule has 0 amide bonds. The highest BCUT2D eigenvalue weighted by atomic mass is 16.4. The molecule has 3 aromatic rings. The van der Waals surface area contributed by atoms with E-state index in [0.29, 0.717) is 11.8 Å². The van der Waals surface area contributed by atoms with E-state index in [-0.39, 0.29) is 0 Å². The molecular weight excluding hydrogens is 258 g/mol. The lowest BCUT2D eigenvalue weighted by atomic mass is 10.0. The number of rotatable bonds is 4. The second-order valence-corrected chi connectivity index (χ2v) is 5.51. The molecule has 0 aliphatic heterocycles. The molecule has 0 atom stereocenters. The minimum Gasteiger partial charge on any atom is -0.441 e. The van der Waals surface area contributed by atoms with E-state index in [1.165, 1.54) is 5.56 Å². The van der Waals surface area contributed by atoms with Gasteiger partial charge in [0.05, 0.1) is 5.69 Å². The molecule has 0 saturated carbocycles. The molecule has 0 bridgehead atoms. The standard InChI is InChI=1S/C19H19NO/c1-14(2)18-17(13-15-9-5-3-6-10-15)21-19(20-18)16-11-7-4-8-12-16/h3-12,14H,13H2,1-2H3. The Balaban J connectivity index is 1.98. The maximum Gasteiger partial charge on any atom is 0.226 e. The van der Waals surface area contributed by atoms with Crippen LogP contribution < -0.4 is 0 Å². The summed E-state index contributed by atoms with van der Waals surface area (Å²) in [5.74, 6) is 2.03. The van der Waals surface area contributed by atoms with E-state index in [2.05, 4.69) is 38.1 Å². The maximum atomic E-state index is 6.05. The van der Waals surface area contributed by atoms with Gasteiger partial charge in [-0.15, -0.1) is 0 Å². The lowest BCUT2D eigenvalue weighted by Gasteiger charge is -2.03. The molecule has 2 heteroatoms. The second-order valence-electron chi connectivity index (χ2n) is 5.51. The topological polar surface area (TPSA) is 26.0 Å². The largest absolute Gasteiger partial charge is 0.441 e. The van der Waals surface area contributed by atoms with Crippen LogP contribution in [0.2, 0.25) is 0 Å².